The van der Waals surface area contributed by atoms with Crippen LogP contribution in [-0.4, -0.2) is 25.7 Å². The van der Waals surface area contributed by atoms with Gasteiger partial charge in [0.05, 0.1) is 17.0 Å². The number of nitrogens with one attached hydrogen (secondary N) is 1. The molecule has 0 saturated carbocycles. The molecule has 4 aromatic rings. The second kappa shape index (κ2) is 8.81. The number of anilines is 1. The Labute approximate surface area is 186 Å². The summed E-state index contributed by atoms with van der Waals surface area (Å²) in [4.78, 5) is 18.4. The number of amides is 1. The van der Waals surface area contributed by atoms with E-state index in [4.69, 9.17) is 0 Å². The fraction of sp³-hybridized carbons (Fsp3) is 0.0909. The molecule has 0 aliphatic heterocycles. The molecule has 6 nitrogen and oxygen atoms in total. The lowest BCUT2D eigenvalue weighted by atomic mass is 10.1. The molecular weight excluding hydrogens is 462 g/mol. The van der Waals surface area contributed by atoms with E-state index < -0.39 is 0 Å². The van der Waals surface area contributed by atoms with E-state index in [0.717, 1.165) is 31.5 Å². The van der Waals surface area contributed by atoms with E-state index in [9.17, 15) is 4.79 Å². The van der Waals surface area contributed by atoms with Crippen molar-refractivity contribution in [1.29, 1.82) is 0 Å². The first-order chi connectivity index (χ1) is 14.5. The lowest BCUT2D eigenvalue weighted by Gasteiger charge is -2.10. The van der Waals surface area contributed by atoms with Crippen LogP contribution in [0.3, 0.4) is 0 Å². The SMILES string of the molecule is Cc1nc(-c2cccc(Br)c2)ccc1C(=O)Nc1ccc(Sc2nncn2C)cc1. The van der Waals surface area contributed by atoms with Gasteiger partial charge in [0.25, 0.3) is 5.91 Å². The largest absolute Gasteiger partial charge is 0.322 e. The third-order valence-electron chi connectivity index (χ3n) is 4.44. The smallest absolute Gasteiger partial charge is 0.257 e. The molecule has 0 saturated heterocycles. The van der Waals surface area contributed by atoms with Crippen molar-refractivity contribution in [1.82, 2.24) is 19.7 Å². The number of hydrogen-bond acceptors (Lipinski definition) is 5. The number of carbonyl (C=O) groups excluding carboxylic acids is 1. The maximum atomic E-state index is 12.7. The summed E-state index contributed by atoms with van der Waals surface area (Å²) < 4.78 is 2.84. The van der Waals surface area contributed by atoms with Crippen LogP contribution in [0.2, 0.25) is 0 Å². The molecular formula is C22H18BrN5OS. The van der Waals surface area contributed by atoms with E-state index in [1.807, 2.05) is 79.2 Å². The van der Waals surface area contributed by atoms with Gasteiger partial charge in [0.15, 0.2) is 5.16 Å². The van der Waals surface area contributed by atoms with Gasteiger partial charge in [-0.3, -0.25) is 9.78 Å². The normalized spacial score (nSPS) is 10.8. The van der Waals surface area contributed by atoms with E-state index >= 15 is 0 Å². The summed E-state index contributed by atoms with van der Waals surface area (Å²) in [6.45, 7) is 1.84. The number of halogens is 1. The molecule has 30 heavy (non-hydrogen) atoms. The number of aromatic nitrogens is 4. The van der Waals surface area contributed by atoms with Gasteiger partial charge in [0.2, 0.25) is 0 Å². The minimum absolute atomic E-state index is 0.186. The summed E-state index contributed by atoms with van der Waals surface area (Å²) >= 11 is 4.99. The molecule has 2 heterocycles. The summed E-state index contributed by atoms with van der Waals surface area (Å²) in [6, 6.07) is 19.2. The predicted molar refractivity (Wildman–Crippen MR) is 122 cm³/mol. The van der Waals surface area contributed by atoms with Gasteiger partial charge < -0.3 is 9.88 Å². The Morgan fingerprint density at radius 1 is 1.10 bits per heavy atom. The molecule has 0 radical (unpaired) electrons. The summed E-state index contributed by atoms with van der Waals surface area (Å²) in [5, 5.41) is 11.7. The van der Waals surface area contributed by atoms with Crippen LogP contribution in [0.5, 0.6) is 0 Å². The number of nitrogens with zero attached hydrogens (tertiary/aromatic N) is 4. The van der Waals surface area contributed by atoms with Gasteiger partial charge in [-0.1, -0.05) is 28.1 Å². The highest BCUT2D eigenvalue weighted by Crippen LogP contribution is 2.27. The van der Waals surface area contributed by atoms with E-state index in [0.29, 0.717) is 11.3 Å². The first kappa shape index (κ1) is 20.3. The molecule has 0 fully saturated rings. The number of rotatable bonds is 5. The van der Waals surface area contributed by atoms with Crippen LogP contribution in [0, 0.1) is 6.92 Å². The number of pyridine rings is 1. The lowest BCUT2D eigenvalue weighted by Crippen LogP contribution is -2.14. The molecule has 0 bridgehead atoms. The second-order valence-electron chi connectivity index (χ2n) is 6.64. The van der Waals surface area contributed by atoms with Crippen LogP contribution in [0.1, 0.15) is 16.1 Å². The fourth-order valence-corrected chi connectivity index (χ4v) is 4.05. The van der Waals surface area contributed by atoms with Gasteiger partial charge >= 0.3 is 0 Å². The topological polar surface area (TPSA) is 72.7 Å². The van der Waals surface area contributed by atoms with Crippen molar-refractivity contribution in [3.05, 3.63) is 82.7 Å². The highest BCUT2D eigenvalue weighted by Gasteiger charge is 2.12. The van der Waals surface area contributed by atoms with Crippen LogP contribution < -0.4 is 5.32 Å². The first-order valence-corrected chi connectivity index (χ1v) is 10.8. The average Bonchev–Trinajstić information content (AvgIpc) is 3.13. The van der Waals surface area contributed by atoms with Crippen molar-refractivity contribution >= 4 is 39.3 Å². The quantitative estimate of drug-likeness (QED) is 0.417. The monoisotopic (exact) mass is 479 g/mol. The minimum Gasteiger partial charge on any atom is -0.322 e. The number of aryl methyl sites for hydroxylation is 2. The maximum absolute atomic E-state index is 12.7. The van der Waals surface area contributed by atoms with Gasteiger partial charge in [0.1, 0.15) is 6.33 Å². The second-order valence-corrected chi connectivity index (χ2v) is 8.60. The standard InChI is InChI=1S/C22H18BrN5OS/c1-14-19(10-11-20(25-14)15-4-3-5-16(23)12-15)21(29)26-17-6-8-18(9-7-17)30-22-27-24-13-28(22)2/h3-13H,1-2H3,(H,26,29). The first-order valence-electron chi connectivity index (χ1n) is 9.16. The molecule has 0 unspecified atom stereocenters. The molecule has 0 atom stereocenters. The Kier molecular flexibility index (Phi) is 5.96. The zero-order chi connectivity index (χ0) is 21.1. The molecule has 2 aromatic heterocycles. The molecule has 1 amide bonds. The van der Waals surface area contributed by atoms with Gasteiger partial charge in [0, 0.05) is 27.7 Å². The molecule has 2 aromatic carbocycles. The van der Waals surface area contributed by atoms with E-state index in [2.05, 4.69) is 36.4 Å². The predicted octanol–water partition coefficient (Wildman–Crippen LogP) is 5.35. The highest BCUT2D eigenvalue weighted by molar-refractivity contribution is 9.10. The molecule has 150 valence electrons. The molecule has 0 spiro atoms. The van der Waals surface area contributed by atoms with Crippen LogP contribution in [-0.2, 0) is 7.05 Å². The van der Waals surface area contributed by atoms with Crippen molar-refractivity contribution in [2.24, 2.45) is 7.05 Å². The van der Waals surface area contributed by atoms with Crippen molar-refractivity contribution in [2.45, 2.75) is 17.0 Å². The third kappa shape index (κ3) is 4.60. The molecule has 1 N–H and O–H groups in total. The van der Waals surface area contributed by atoms with Crippen LogP contribution in [0.15, 0.2) is 81.5 Å². The summed E-state index contributed by atoms with van der Waals surface area (Å²) in [6.07, 6.45) is 1.66. The Balaban J connectivity index is 1.46. The van der Waals surface area contributed by atoms with Gasteiger partial charge in [-0.2, -0.15) is 0 Å². The molecule has 0 aliphatic rings. The van der Waals surface area contributed by atoms with Crippen molar-refractivity contribution in [3.63, 3.8) is 0 Å². The van der Waals surface area contributed by atoms with Gasteiger partial charge in [-0.05, 0) is 67.2 Å². The van der Waals surface area contributed by atoms with Crippen molar-refractivity contribution in [2.75, 3.05) is 5.32 Å². The molecule has 0 aliphatic carbocycles. The van der Waals surface area contributed by atoms with Crippen LogP contribution in [0.4, 0.5) is 5.69 Å². The van der Waals surface area contributed by atoms with Gasteiger partial charge in [-0.25, -0.2) is 0 Å². The van der Waals surface area contributed by atoms with E-state index in [-0.39, 0.29) is 5.91 Å². The fourth-order valence-electron chi connectivity index (χ4n) is 2.88. The Hall–Kier alpha value is -2.97. The summed E-state index contributed by atoms with van der Waals surface area (Å²) in [5.74, 6) is -0.186. The summed E-state index contributed by atoms with van der Waals surface area (Å²) in [5.41, 5.74) is 3.77. The average molecular weight is 480 g/mol. The van der Waals surface area contributed by atoms with Crippen molar-refractivity contribution < 1.29 is 4.79 Å². The Morgan fingerprint density at radius 3 is 2.57 bits per heavy atom. The van der Waals surface area contributed by atoms with E-state index in [1.165, 1.54) is 11.8 Å². The highest BCUT2D eigenvalue weighted by atomic mass is 79.9. The molecule has 4 rings (SSSR count). The lowest BCUT2D eigenvalue weighted by molar-refractivity contribution is 0.102. The Morgan fingerprint density at radius 2 is 1.90 bits per heavy atom. The zero-order valence-electron chi connectivity index (χ0n) is 16.3. The maximum Gasteiger partial charge on any atom is 0.257 e. The number of benzene rings is 2. The molecule has 8 heteroatoms. The zero-order valence-corrected chi connectivity index (χ0v) is 18.7. The number of carbonyl (C=O) groups is 1. The number of hydrogen-bond donors (Lipinski definition) is 1. The van der Waals surface area contributed by atoms with Crippen LogP contribution >= 0.6 is 27.7 Å². The van der Waals surface area contributed by atoms with Gasteiger partial charge in [-0.15, -0.1) is 10.2 Å². The van der Waals surface area contributed by atoms with Crippen LogP contribution in [0.25, 0.3) is 11.3 Å². The Bertz CT molecular complexity index is 1210. The summed E-state index contributed by atoms with van der Waals surface area (Å²) in [7, 11) is 1.90. The van der Waals surface area contributed by atoms with Crippen molar-refractivity contribution in [3.8, 4) is 11.3 Å². The minimum atomic E-state index is -0.186. The van der Waals surface area contributed by atoms with E-state index in [1.54, 1.807) is 6.33 Å². The third-order valence-corrected chi connectivity index (χ3v) is 6.00.